The molecule has 0 atom stereocenters. The molecule has 0 aromatic rings. The van der Waals surface area contributed by atoms with Gasteiger partial charge in [0.25, 0.3) is 0 Å². The summed E-state index contributed by atoms with van der Waals surface area (Å²) >= 11 is 0. The van der Waals surface area contributed by atoms with E-state index in [1.807, 2.05) is 20.8 Å². The highest BCUT2D eigenvalue weighted by Crippen LogP contribution is 2.29. The Morgan fingerprint density at radius 3 is 2.28 bits per heavy atom. The van der Waals surface area contributed by atoms with E-state index in [1.54, 1.807) is 0 Å². The molecule has 102 valence electrons. The molecule has 2 aliphatic rings. The number of nitrogens with zero attached hydrogens (tertiary/aromatic N) is 1. The van der Waals surface area contributed by atoms with Gasteiger partial charge in [0.2, 0.25) is 5.91 Å². The van der Waals surface area contributed by atoms with Gasteiger partial charge in [0.1, 0.15) is 11.1 Å². The van der Waals surface area contributed by atoms with Crippen molar-refractivity contribution in [2.24, 2.45) is 5.73 Å². The molecular weight excluding hydrogens is 234 g/mol. The molecule has 6 heteroatoms. The first-order valence-electron chi connectivity index (χ1n) is 6.27. The molecule has 1 aliphatic carbocycles. The lowest BCUT2D eigenvalue weighted by molar-refractivity contribution is -0.131. The average molecular weight is 255 g/mol. The first kappa shape index (κ1) is 13.1. The number of nitrogens with one attached hydrogen (secondary N) is 1. The molecule has 0 spiro atoms. The summed E-state index contributed by atoms with van der Waals surface area (Å²) in [4.78, 5) is 24.8. The number of nitrogens with two attached hydrogens (primary N) is 1. The summed E-state index contributed by atoms with van der Waals surface area (Å²) in [6.07, 6.45) is 1.75. The fourth-order valence-electron chi connectivity index (χ4n) is 2.00. The molecule has 0 aromatic heterocycles. The Hall–Kier alpha value is -1.30. The standard InChI is InChI=1S/C12H21N3O3/c1-11(2,3)18-10(17)15-6-12(7-15,9(13)16)14-8-4-5-8/h8,14H,4-7H2,1-3H3,(H2,13,16). The van der Waals surface area contributed by atoms with Crippen LogP contribution in [0.4, 0.5) is 4.79 Å². The van der Waals surface area contributed by atoms with Crippen LogP contribution < -0.4 is 11.1 Å². The van der Waals surface area contributed by atoms with Gasteiger partial charge in [-0.1, -0.05) is 0 Å². The SMILES string of the molecule is CC(C)(C)OC(=O)N1CC(NC2CC2)(C(N)=O)C1. The first-order valence-corrected chi connectivity index (χ1v) is 6.27. The number of carbonyl (C=O) groups is 2. The maximum Gasteiger partial charge on any atom is 0.410 e. The zero-order valence-electron chi connectivity index (χ0n) is 11.2. The summed E-state index contributed by atoms with van der Waals surface area (Å²) < 4.78 is 5.24. The number of amides is 2. The van der Waals surface area contributed by atoms with Crippen molar-refractivity contribution in [1.82, 2.24) is 10.2 Å². The average Bonchev–Trinajstić information content (AvgIpc) is 2.89. The van der Waals surface area contributed by atoms with Crippen molar-refractivity contribution in [3.05, 3.63) is 0 Å². The summed E-state index contributed by atoms with van der Waals surface area (Å²) in [7, 11) is 0. The van der Waals surface area contributed by atoms with Crippen LogP contribution >= 0.6 is 0 Å². The van der Waals surface area contributed by atoms with Gasteiger partial charge in [0.05, 0.1) is 13.1 Å². The van der Waals surface area contributed by atoms with Crippen LogP contribution in [0.5, 0.6) is 0 Å². The van der Waals surface area contributed by atoms with E-state index in [1.165, 1.54) is 4.90 Å². The molecule has 0 radical (unpaired) electrons. The van der Waals surface area contributed by atoms with Crippen molar-refractivity contribution >= 4 is 12.0 Å². The molecule has 0 bridgehead atoms. The van der Waals surface area contributed by atoms with E-state index >= 15 is 0 Å². The van der Waals surface area contributed by atoms with E-state index in [2.05, 4.69) is 5.32 Å². The van der Waals surface area contributed by atoms with Crippen LogP contribution in [0.3, 0.4) is 0 Å². The first-order chi connectivity index (χ1) is 8.22. The summed E-state index contributed by atoms with van der Waals surface area (Å²) in [5.74, 6) is -0.394. The predicted molar refractivity (Wildman–Crippen MR) is 65.9 cm³/mol. The highest BCUT2D eigenvalue weighted by atomic mass is 16.6. The Bertz CT molecular complexity index is 365. The number of ether oxygens (including phenoxy) is 1. The van der Waals surface area contributed by atoms with Crippen LogP contribution in [-0.2, 0) is 9.53 Å². The fraction of sp³-hybridized carbons (Fsp3) is 0.833. The Morgan fingerprint density at radius 2 is 1.89 bits per heavy atom. The summed E-state index contributed by atoms with van der Waals surface area (Å²) in [5, 5.41) is 3.23. The Morgan fingerprint density at radius 1 is 1.33 bits per heavy atom. The highest BCUT2D eigenvalue weighted by Gasteiger charge is 2.52. The van der Waals surface area contributed by atoms with Gasteiger partial charge in [-0.3, -0.25) is 10.1 Å². The number of hydrogen-bond donors (Lipinski definition) is 2. The van der Waals surface area contributed by atoms with Gasteiger partial charge >= 0.3 is 6.09 Å². The number of hydrogen-bond acceptors (Lipinski definition) is 4. The largest absolute Gasteiger partial charge is 0.444 e. The van der Waals surface area contributed by atoms with Crippen molar-refractivity contribution in [3.63, 3.8) is 0 Å². The second kappa shape index (κ2) is 4.12. The number of primary amides is 1. The van der Waals surface area contributed by atoms with Crippen molar-refractivity contribution < 1.29 is 14.3 Å². The van der Waals surface area contributed by atoms with Crippen LogP contribution in [-0.4, -0.2) is 47.2 Å². The molecule has 2 rings (SSSR count). The molecule has 3 N–H and O–H groups in total. The number of carbonyl (C=O) groups excluding carboxylic acids is 2. The summed E-state index contributed by atoms with van der Waals surface area (Å²) in [6.45, 7) is 6.04. The molecule has 0 unspecified atom stereocenters. The van der Waals surface area contributed by atoms with Crippen molar-refractivity contribution in [3.8, 4) is 0 Å². The minimum Gasteiger partial charge on any atom is -0.444 e. The second-order valence-corrected chi connectivity index (χ2v) is 6.20. The lowest BCUT2D eigenvalue weighted by Crippen LogP contribution is -2.76. The van der Waals surface area contributed by atoms with Crippen LogP contribution in [0.1, 0.15) is 33.6 Å². The molecule has 1 saturated heterocycles. The fourth-order valence-corrected chi connectivity index (χ4v) is 2.00. The second-order valence-electron chi connectivity index (χ2n) is 6.20. The zero-order valence-corrected chi connectivity index (χ0v) is 11.2. The van der Waals surface area contributed by atoms with Gasteiger partial charge in [0.15, 0.2) is 0 Å². The van der Waals surface area contributed by atoms with E-state index < -0.39 is 23.1 Å². The van der Waals surface area contributed by atoms with E-state index in [4.69, 9.17) is 10.5 Å². The normalized spacial score (nSPS) is 22.3. The van der Waals surface area contributed by atoms with E-state index in [0.717, 1.165) is 12.8 Å². The summed E-state index contributed by atoms with van der Waals surface area (Å²) in [6, 6.07) is 0.373. The number of rotatable bonds is 3. The van der Waals surface area contributed by atoms with Crippen LogP contribution in [0.15, 0.2) is 0 Å². The quantitative estimate of drug-likeness (QED) is 0.755. The molecule has 2 amide bonds. The molecule has 1 aliphatic heterocycles. The minimum absolute atomic E-state index is 0.299. The Labute approximate surface area is 107 Å². The van der Waals surface area contributed by atoms with Crippen molar-refractivity contribution in [2.75, 3.05) is 13.1 Å². The zero-order chi connectivity index (χ0) is 13.6. The molecule has 1 saturated carbocycles. The predicted octanol–water partition coefficient (Wildman–Crippen LogP) is 0.213. The third-order valence-electron chi connectivity index (χ3n) is 3.10. The number of likely N-dealkylation sites (tertiary alicyclic amines) is 1. The van der Waals surface area contributed by atoms with Crippen LogP contribution in [0.25, 0.3) is 0 Å². The smallest absolute Gasteiger partial charge is 0.410 e. The topological polar surface area (TPSA) is 84.7 Å². The molecule has 2 fully saturated rings. The molecular formula is C12H21N3O3. The van der Waals surface area contributed by atoms with Crippen LogP contribution in [0, 0.1) is 0 Å². The lowest BCUT2D eigenvalue weighted by atomic mass is 9.89. The Kier molecular flexibility index (Phi) is 3.01. The monoisotopic (exact) mass is 255 g/mol. The van der Waals surface area contributed by atoms with E-state index in [9.17, 15) is 9.59 Å². The van der Waals surface area contributed by atoms with Gasteiger partial charge < -0.3 is 15.4 Å². The Balaban J connectivity index is 1.90. The molecule has 18 heavy (non-hydrogen) atoms. The van der Waals surface area contributed by atoms with Gasteiger partial charge in [-0.15, -0.1) is 0 Å². The van der Waals surface area contributed by atoms with Gasteiger partial charge in [0, 0.05) is 6.04 Å². The van der Waals surface area contributed by atoms with Crippen LogP contribution in [0.2, 0.25) is 0 Å². The third-order valence-corrected chi connectivity index (χ3v) is 3.10. The van der Waals surface area contributed by atoms with E-state index in [-0.39, 0.29) is 0 Å². The highest BCUT2D eigenvalue weighted by molar-refractivity contribution is 5.89. The minimum atomic E-state index is -0.752. The van der Waals surface area contributed by atoms with E-state index in [0.29, 0.717) is 19.1 Å². The molecule has 6 nitrogen and oxygen atoms in total. The molecule has 0 aromatic carbocycles. The molecule has 1 heterocycles. The maximum atomic E-state index is 11.8. The maximum absolute atomic E-state index is 11.8. The van der Waals surface area contributed by atoms with Gasteiger partial charge in [-0.05, 0) is 33.6 Å². The lowest BCUT2D eigenvalue weighted by Gasteiger charge is -2.48. The van der Waals surface area contributed by atoms with Gasteiger partial charge in [-0.25, -0.2) is 4.79 Å². The van der Waals surface area contributed by atoms with Crippen molar-refractivity contribution in [1.29, 1.82) is 0 Å². The third kappa shape index (κ3) is 2.75. The van der Waals surface area contributed by atoms with Gasteiger partial charge in [-0.2, -0.15) is 0 Å². The van der Waals surface area contributed by atoms with Crippen molar-refractivity contribution in [2.45, 2.75) is 50.8 Å². The summed E-state index contributed by atoms with van der Waals surface area (Å²) in [5.41, 5.74) is 4.14.